The summed E-state index contributed by atoms with van der Waals surface area (Å²) >= 11 is 0. The van der Waals surface area contributed by atoms with E-state index in [9.17, 15) is 0 Å². The largest absolute Gasteiger partial charge is 0.376 e. The van der Waals surface area contributed by atoms with Gasteiger partial charge in [-0.3, -0.25) is 4.98 Å². The minimum Gasteiger partial charge on any atom is -0.376 e. The Hall–Kier alpha value is -0.970. The molecule has 4 nitrogen and oxygen atoms in total. The van der Waals surface area contributed by atoms with Crippen molar-refractivity contribution in [3.63, 3.8) is 0 Å². The average molecular weight is 264 g/mol. The Morgan fingerprint density at radius 3 is 2.84 bits per heavy atom. The molecule has 4 heteroatoms. The molecular weight excluding hydrogens is 240 g/mol. The number of pyridine rings is 1. The molecule has 2 heterocycles. The molecule has 19 heavy (non-hydrogen) atoms. The second kappa shape index (κ2) is 7.58. The molecular formula is C15H24N2O2. The van der Waals surface area contributed by atoms with Gasteiger partial charge in [-0.15, -0.1) is 0 Å². The topological polar surface area (TPSA) is 57.4 Å². The van der Waals surface area contributed by atoms with Crippen molar-refractivity contribution < 1.29 is 9.47 Å². The van der Waals surface area contributed by atoms with Gasteiger partial charge in [0, 0.05) is 25.0 Å². The van der Waals surface area contributed by atoms with Gasteiger partial charge in [-0.25, -0.2) is 0 Å². The van der Waals surface area contributed by atoms with E-state index >= 15 is 0 Å². The molecule has 1 saturated heterocycles. The third-order valence-corrected chi connectivity index (χ3v) is 3.63. The highest BCUT2D eigenvalue weighted by Gasteiger charge is 2.22. The fraction of sp³-hybridized carbons (Fsp3) is 0.667. The molecule has 0 saturated carbocycles. The summed E-state index contributed by atoms with van der Waals surface area (Å²) in [7, 11) is 0. The molecule has 1 aromatic rings. The number of hydrogen-bond donors (Lipinski definition) is 1. The number of nitrogens with zero attached hydrogens (tertiary/aromatic N) is 1. The molecule has 2 N–H and O–H groups in total. The minimum atomic E-state index is -0.0708. The molecule has 0 amide bonds. The fourth-order valence-corrected chi connectivity index (χ4v) is 2.38. The Labute approximate surface area is 115 Å². The van der Waals surface area contributed by atoms with Crippen LogP contribution in [-0.4, -0.2) is 30.3 Å². The lowest BCUT2D eigenvalue weighted by Crippen LogP contribution is -2.33. The zero-order chi connectivity index (χ0) is 13.5. The van der Waals surface area contributed by atoms with Gasteiger partial charge in [-0.2, -0.15) is 0 Å². The molecule has 0 aromatic carbocycles. The highest BCUT2D eigenvalue weighted by Crippen LogP contribution is 2.23. The van der Waals surface area contributed by atoms with Crippen LogP contribution in [0.2, 0.25) is 0 Å². The van der Waals surface area contributed by atoms with Gasteiger partial charge in [-0.05, 0) is 43.4 Å². The summed E-state index contributed by atoms with van der Waals surface area (Å²) in [6.45, 7) is 3.56. The molecule has 0 aliphatic carbocycles. The van der Waals surface area contributed by atoms with Gasteiger partial charge in [0.05, 0.1) is 18.8 Å². The lowest BCUT2D eigenvalue weighted by atomic mass is 10.0. The monoisotopic (exact) mass is 264 g/mol. The van der Waals surface area contributed by atoms with Gasteiger partial charge >= 0.3 is 0 Å². The molecule has 0 bridgehead atoms. The summed E-state index contributed by atoms with van der Waals surface area (Å²) < 4.78 is 11.7. The maximum atomic E-state index is 6.18. The number of hydrogen-bond acceptors (Lipinski definition) is 4. The van der Waals surface area contributed by atoms with Crippen LogP contribution in [0.25, 0.3) is 0 Å². The average Bonchev–Trinajstić information content (AvgIpc) is 2.49. The Balaban J connectivity index is 1.94. The normalized spacial score (nSPS) is 22.9. The lowest BCUT2D eigenvalue weighted by Gasteiger charge is -2.28. The molecule has 3 unspecified atom stereocenters. The van der Waals surface area contributed by atoms with Gasteiger partial charge in [0.25, 0.3) is 0 Å². The van der Waals surface area contributed by atoms with Gasteiger partial charge in [-0.1, -0.05) is 6.92 Å². The summed E-state index contributed by atoms with van der Waals surface area (Å²) in [6, 6.07) is 3.95. The molecule has 2 rings (SSSR count). The highest BCUT2D eigenvalue weighted by atomic mass is 16.5. The molecule has 1 fully saturated rings. The summed E-state index contributed by atoms with van der Waals surface area (Å²) in [4.78, 5) is 4.04. The van der Waals surface area contributed by atoms with Crippen molar-refractivity contribution in [1.29, 1.82) is 0 Å². The van der Waals surface area contributed by atoms with E-state index in [4.69, 9.17) is 15.2 Å². The third-order valence-electron chi connectivity index (χ3n) is 3.63. The Morgan fingerprint density at radius 1 is 1.42 bits per heavy atom. The zero-order valence-corrected chi connectivity index (χ0v) is 11.6. The summed E-state index contributed by atoms with van der Waals surface area (Å²) in [5.41, 5.74) is 7.28. The first-order chi connectivity index (χ1) is 9.31. The van der Waals surface area contributed by atoms with Crippen LogP contribution >= 0.6 is 0 Å². The van der Waals surface area contributed by atoms with Crippen LogP contribution in [0.5, 0.6) is 0 Å². The highest BCUT2D eigenvalue weighted by molar-refractivity contribution is 5.15. The molecule has 1 aliphatic heterocycles. The maximum absolute atomic E-state index is 6.18. The molecule has 3 atom stereocenters. The third kappa shape index (κ3) is 4.27. The summed E-state index contributed by atoms with van der Waals surface area (Å²) in [6.07, 6.45) is 8.09. The Kier molecular flexibility index (Phi) is 5.76. The fourth-order valence-electron chi connectivity index (χ4n) is 2.38. The standard InChI is InChI=1S/C15H24N2O2/c1-2-14(16)15(12-6-8-17-9-7-12)19-11-13-5-3-4-10-18-13/h6-9,13-15H,2-5,10-11,16H2,1H3. The molecule has 106 valence electrons. The van der Waals surface area contributed by atoms with E-state index in [0.29, 0.717) is 6.61 Å². The van der Waals surface area contributed by atoms with Crippen molar-refractivity contribution >= 4 is 0 Å². The van der Waals surface area contributed by atoms with Gasteiger partial charge in [0.15, 0.2) is 0 Å². The molecule has 0 radical (unpaired) electrons. The van der Waals surface area contributed by atoms with Crippen LogP contribution in [-0.2, 0) is 9.47 Å². The van der Waals surface area contributed by atoms with Crippen LogP contribution in [0.15, 0.2) is 24.5 Å². The van der Waals surface area contributed by atoms with E-state index in [1.54, 1.807) is 12.4 Å². The second-order valence-corrected chi connectivity index (χ2v) is 5.10. The number of aromatic nitrogens is 1. The number of rotatable bonds is 6. The van der Waals surface area contributed by atoms with Crippen molar-refractivity contribution in [2.45, 2.75) is 50.9 Å². The van der Waals surface area contributed by atoms with Crippen molar-refractivity contribution in [3.05, 3.63) is 30.1 Å². The molecule has 0 spiro atoms. The van der Waals surface area contributed by atoms with Gasteiger partial charge < -0.3 is 15.2 Å². The Morgan fingerprint density at radius 2 is 2.21 bits per heavy atom. The lowest BCUT2D eigenvalue weighted by molar-refractivity contribution is -0.0695. The van der Waals surface area contributed by atoms with Crippen molar-refractivity contribution in [2.75, 3.05) is 13.2 Å². The first-order valence-electron chi connectivity index (χ1n) is 7.20. The van der Waals surface area contributed by atoms with E-state index in [0.717, 1.165) is 25.0 Å². The predicted octanol–water partition coefficient (Wildman–Crippen LogP) is 2.45. The van der Waals surface area contributed by atoms with Crippen LogP contribution in [0.3, 0.4) is 0 Å². The maximum Gasteiger partial charge on any atom is 0.0977 e. The van der Waals surface area contributed by atoms with E-state index in [-0.39, 0.29) is 18.2 Å². The summed E-state index contributed by atoms with van der Waals surface area (Å²) in [5.74, 6) is 0. The quantitative estimate of drug-likeness (QED) is 0.857. The Bertz CT molecular complexity index is 352. The predicted molar refractivity (Wildman–Crippen MR) is 74.8 cm³/mol. The molecule has 1 aliphatic rings. The van der Waals surface area contributed by atoms with Gasteiger partial charge in [0.2, 0.25) is 0 Å². The van der Waals surface area contributed by atoms with E-state index in [1.807, 2.05) is 12.1 Å². The van der Waals surface area contributed by atoms with Crippen LogP contribution in [0.1, 0.15) is 44.3 Å². The van der Waals surface area contributed by atoms with E-state index in [2.05, 4.69) is 11.9 Å². The number of nitrogens with two attached hydrogens (primary N) is 1. The van der Waals surface area contributed by atoms with Crippen LogP contribution < -0.4 is 5.73 Å². The zero-order valence-electron chi connectivity index (χ0n) is 11.6. The SMILES string of the molecule is CCC(N)C(OCC1CCCCO1)c1ccncc1. The van der Waals surface area contributed by atoms with E-state index in [1.165, 1.54) is 12.8 Å². The van der Waals surface area contributed by atoms with Crippen molar-refractivity contribution in [1.82, 2.24) is 4.98 Å². The second-order valence-electron chi connectivity index (χ2n) is 5.10. The first kappa shape index (κ1) is 14.4. The summed E-state index contributed by atoms with van der Waals surface area (Å²) in [5, 5.41) is 0. The van der Waals surface area contributed by atoms with Crippen molar-refractivity contribution in [3.8, 4) is 0 Å². The van der Waals surface area contributed by atoms with E-state index < -0.39 is 0 Å². The van der Waals surface area contributed by atoms with Crippen molar-refractivity contribution in [2.24, 2.45) is 5.73 Å². The van der Waals surface area contributed by atoms with Crippen LogP contribution in [0.4, 0.5) is 0 Å². The van der Waals surface area contributed by atoms with Gasteiger partial charge in [0.1, 0.15) is 0 Å². The first-order valence-corrected chi connectivity index (χ1v) is 7.20. The number of ether oxygens (including phenoxy) is 2. The minimum absolute atomic E-state index is 0.00555. The molecule has 1 aromatic heterocycles. The smallest absolute Gasteiger partial charge is 0.0977 e. The van der Waals surface area contributed by atoms with Crippen LogP contribution in [0, 0.1) is 0 Å².